The molecule has 8 nitrogen and oxygen atoms in total. The van der Waals surface area contributed by atoms with Gasteiger partial charge in [-0.15, -0.1) is 0 Å². The molecule has 8 heteroatoms. The Morgan fingerprint density at radius 2 is 1.87 bits per heavy atom. The van der Waals surface area contributed by atoms with Crippen LogP contribution < -0.4 is 16.0 Å². The third-order valence-electron chi connectivity index (χ3n) is 6.31. The van der Waals surface area contributed by atoms with Crippen LogP contribution in [0.25, 0.3) is 0 Å². The third-order valence-corrected chi connectivity index (χ3v) is 6.31. The normalized spacial score (nSPS) is 26.6. The average Bonchev–Trinajstić information content (AvgIpc) is 3.07. The van der Waals surface area contributed by atoms with Crippen LogP contribution in [0.1, 0.15) is 69.6 Å². The fourth-order valence-corrected chi connectivity index (χ4v) is 4.58. The van der Waals surface area contributed by atoms with Crippen molar-refractivity contribution in [2.24, 2.45) is 0 Å². The van der Waals surface area contributed by atoms with Crippen molar-refractivity contribution >= 4 is 17.7 Å². The highest BCUT2D eigenvalue weighted by molar-refractivity contribution is 5.96. The van der Waals surface area contributed by atoms with Gasteiger partial charge in [-0.1, -0.05) is 26.8 Å². The van der Waals surface area contributed by atoms with Crippen LogP contribution in [0.2, 0.25) is 0 Å². The topological polar surface area (TPSA) is 103 Å². The average molecular weight is 430 g/mol. The number of hydrogen-bond acceptors (Lipinski definition) is 5. The molecule has 0 radical (unpaired) electrons. The van der Waals surface area contributed by atoms with Crippen LogP contribution in [-0.2, 0) is 15.0 Å². The minimum atomic E-state index is -0.562. The lowest BCUT2D eigenvalue weighted by atomic mass is 9.85. The van der Waals surface area contributed by atoms with Gasteiger partial charge in [0.05, 0.1) is 12.1 Å². The Morgan fingerprint density at radius 3 is 2.52 bits per heavy atom. The number of carbonyl (C=O) groups excluding carboxylic acids is 3. The first-order valence-corrected chi connectivity index (χ1v) is 11.1. The third kappa shape index (κ3) is 5.42. The molecule has 2 heterocycles. The Hall–Kier alpha value is -2.48. The second-order valence-electron chi connectivity index (χ2n) is 9.68. The summed E-state index contributed by atoms with van der Waals surface area (Å²) in [5, 5.41) is 9.18. The molecule has 31 heavy (non-hydrogen) atoms. The van der Waals surface area contributed by atoms with Crippen molar-refractivity contribution in [1.29, 1.82) is 0 Å². The van der Waals surface area contributed by atoms with Crippen LogP contribution in [0.15, 0.2) is 18.2 Å². The largest absolute Gasteiger partial charge is 0.351 e. The summed E-state index contributed by atoms with van der Waals surface area (Å²) in [6.45, 7) is 8.22. The first-order chi connectivity index (χ1) is 14.6. The molecule has 0 aromatic carbocycles. The quantitative estimate of drug-likeness (QED) is 0.656. The first-order valence-electron chi connectivity index (χ1n) is 11.1. The molecule has 1 saturated heterocycles. The second kappa shape index (κ2) is 9.34. The van der Waals surface area contributed by atoms with E-state index in [9.17, 15) is 14.4 Å². The minimum absolute atomic E-state index is 0.0507. The van der Waals surface area contributed by atoms with Crippen LogP contribution in [-0.4, -0.2) is 65.4 Å². The highest BCUT2D eigenvalue weighted by atomic mass is 16.2. The van der Waals surface area contributed by atoms with Crippen LogP contribution in [0.3, 0.4) is 0 Å². The molecule has 4 atom stereocenters. The van der Waals surface area contributed by atoms with Crippen molar-refractivity contribution in [1.82, 2.24) is 25.8 Å². The van der Waals surface area contributed by atoms with E-state index in [1.54, 1.807) is 6.07 Å². The lowest BCUT2D eigenvalue weighted by molar-refractivity contribution is -0.133. The molecule has 1 aliphatic heterocycles. The van der Waals surface area contributed by atoms with Gasteiger partial charge in [-0.05, 0) is 44.9 Å². The van der Waals surface area contributed by atoms with E-state index in [2.05, 4.69) is 20.9 Å². The molecule has 170 valence electrons. The smallest absolute Gasteiger partial charge is 0.270 e. The van der Waals surface area contributed by atoms with Gasteiger partial charge in [0.2, 0.25) is 11.8 Å². The molecule has 1 aromatic heterocycles. The maximum Gasteiger partial charge on any atom is 0.270 e. The number of aromatic nitrogens is 1. The van der Waals surface area contributed by atoms with E-state index in [1.165, 1.54) is 6.92 Å². The van der Waals surface area contributed by atoms with E-state index in [4.69, 9.17) is 0 Å². The van der Waals surface area contributed by atoms with E-state index in [0.29, 0.717) is 24.7 Å². The van der Waals surface area contributed by atoms with Gasteiger partial charge in [-0.2, -0.15) is 0 Å². The fraction of sp³-hybridized carbons (Fsp3) is 0.652. The Kier molecular flexibility index (Phi) is 6.99. The van der Waals surface area contributed by atoms with Gasteiger partial charge in [-0.25, -0.2) is 4.98 Å². The Balaban J connectivity index is 1.68. The monoisotopic (exact) mass is 429 g/mol. The minimum Gasteiger partial charge on any atom is -0.351 e. The molecular formula is C23H35N5O3. The maximum absolute atomic E-state index is 13.1. The molecule has 1 saturated carbocycles. The molecule has 2 aliphatic rings. The maximum atomic E-state index is 13.1. The van der Waals surface area contributed by atoms with E-state index in [0.717, 1.165) is 25.0 Å². The van der Waals surface area contributed by atoms with Gasteiger partial charge >= 0.3 is 0 Å². The van der Waals surface area contributed by atoms with Crippen LogP contribution in [0.5, 0.6) is 0 Å². The Bertz CT molecular complexity index is 835. The summed E-state index contributed by atoms with van der Waals surface area (Å²) in [6.07, 6.45) is 3.10. The van der Waals surface area contributed by atoms with Crippen LogP contribution >= 0.6 is 0 Å². The molecule has 3 N–H and O–H groups in total. The second-order valence-corrected chi connectivity index (χ2v) is 9.68. The predicted octanol–water partition coefficient (Wildman–Crippen LogP) is 1.36. The van der Waals surface area contributed by atoms with E-state index >= 15 is 0 Å². The predicted molar refractivity (Wildman–Crippen MR) is 119 cm³/mol. The zero-order valence-corrected chi connectivity index (χ0v) is 19.2. The van der Waals surface area contributed by atoms with Gasteiger partial charge in [0.15, 0.2) is 0 Å². The van der Waals surface area contributed by atoms with E-state index in [-0.39, 0.29) is 35.2 Å². The SMILES string of the molecule is CN[C@@H]1CC[C@H](N2CC[C@H](NC(=O)c3cccc(C(C)(C)C)n3)C2=O)[C@H](NC(C)=O)C1. The molecule has 2 fully saturated rings. The summed E-state index contributed by atoms with van der Waals surface area (Å²) < 4.78 is 0. The van der Waals surface area contributed by atoms with Crippen molar-refractivity contribution in [3.63, 3.8) is 0 Å². The number of carbonyl (C=O) groups is 3. The number of amides is 3. The van der Waals surface area contributed by atoms with Gasteiger partial charge in [0.1, 0.15) is 11.7 Å². The van der Waals surface area contributed by atoms with Crippen molar-refractivity contribution in [3.05, 3.63) is 29.6 Å². The van der Waals surface area contributed by atoms with Gasteiger partial charge in [-0.3, -0.25) is 14.4 Å². The highest BCUT2D eigenvalue weighted by Gasteiger charge is 2.42. The molecule has 3 amide bonds. The van der Waals surface area contributed by atoms with Gasteiger partial charge < -0.3 is 20.9 Å². The van der Waals surface area contributed by atoms with Crippen molar-refractivity contribution < 1.29 is 14.4 Å². The molecule has 1 aliphatic carbocycles. The number of rotatable bonds is 5. The molecule has 1 aromatic rings. The Morgan fingerprint density at radius 1 is 1.13 bits per heavy atom. The summed E-state index contributed by atoms with van der Waals surface area (Å²) in [4.78, 5) is 44.0. The molecule has 0 bridgehead atoms. The van der Waals surface area contributed by atoms with Crippen molar-refractivity contribution in [2.75, 3.05) is 13.6 Å². The highest BCUT2D eigenvalue weighted by Crippen LogP contribution is 2.28. The first kappa shape index (κ1) is 23.2. The molecule has 0 unspecified atom stereocenters. The summed E-state index contributed by atoms with van der Waals surface area (Å²) in [7, 11) is 1.92. The number of nitrogens with one attached hydrogen (secondary N) is 3. The summed E-state index contributed by atoms with van der Waals surface area (Å²) >= 11 is 0. The van der Waals surface area contributed by atoms with E-state index < -0.39 is 6.04 Å². The number of likely N-dealkylation sites (tertiary alicyclic amines) is 1. The number of nitrogens with zero attached hydrogens (tertiary/aromatic N) is 2. The Labute approximate surface area is 184 Å². The fourth-order valence-electron chi connectivity index (χ4n) is 4.58. The molecule has 0 spiro atoms. The van der Waals surface area contributed by atoms with Crippen molar-refractivity contribution in [2.45, 2.75) is 83.0 Å². The summed E-state index contributed by atoms with van der Waals surface area (Å²) in [6, 6.07) is 5.02. The number of pyridine rings is 1. The lowest BCUT2D eigenvalue weighted by Gasteiger charge is -2.41. The van der Waals surface area contributed by atoms with E-state index in [1.807, 2.05) is 44.9 Å². The number of hydrogen-bond donors (Lipinski definition) is 3. The van der Waals surface area contributed by atoms with Crippen LogP contribution in [0, 0.1) is 0 Å². The standard InChI is InChI=1S/C23H35N5O3/c1-14(29)25-18-13-15(24-5)9-10-19(18)28-12-11-17(22(28)31)27-21(30)16-7-6-8-20(26-16)23(2,3)4/h6-8,15,17-19,24H,9-13H2,1-5H3,(H,25,29)(H,27,30)/t15-,17+,18-,19+/m1/s1. The van der Waals surface area contributed by atoms with Crippen LogP contribution in [0.4, 0.5) is 0 Å². The lowest BCUT2D eigenvalue weighted by Crippen LogP contribution is -2.58. The van der Waals surface area contributed by atoms with Gasteiger partial charge in [0.25, 0.3) is 5.91 Å². The molecular weight excluding hydrogens is 394 g/mol. The van der Waals surface area contributed by atoms with Crippen molar-refractivity contribution in [3.8, 4) is 0 Å². The zero-order valence-electron chi connectivity index (χ0n) is 19.2. The van der Waals surface area contributed by atoms with Gasteiger partial charge in [0, 0.05) is 30.6 Å². The summed E-state index contributed by atoms with van der Waals surface area (Å²) in [5.74, 6) is -0.500. The summed E-state index contributed by atoms with van der Waals surface area (Å²) in [5.41, 5.74) is 0.990. The molecule has 3 rings (SSSR count). The zero-order chi connectivity index (χ0) is 22.8.